The fraction of sp³-hybridized carbons (Fsp3) is 0.571. The second-order valence-corrected chi connectivity index (χ2v) is 5.45. The van der Waals surface area contributed by atoms with Crippen LogP contribution in [0.1, 0.15) is 18.0 Å². The van der Waals surface area contributed by atoms with Crippen molar-refractivity contribution in [3.63, 3.8) is 0 Å². The van der Waals surface area contributed by atoms with Crippen LogP contribution in [0.25, 0.3) is 0 Å². The van der Waals surface area contributed by atoms with Gasteiger partial charge in [0.1, 0.15) is 0 Å². The molecule has 1 aliphatic rings. The van der Waals surface area contributed by atoms with Crippen molar-refractivity contribution >= 4 is 0 Å². The Labute approximate surface area is 113 Å². The number of nitrogens with two attached hydrogens (primary N) is 1. The van der Waals surface area contributed by atoms with Crippen LogP contribution < -0.4 is 5.73 Å². The average molecular weight is 269 g/mol. The number of halogens is 2. The molecule has 1 saturated heterocycles. The molecule has 0 aliphatic carbocycles. The smallest absolute Gasteiger partial charge is 0.159 e. The van der Waals surface area contributed by atoms with Gasteiger partial charge in [-0.3, -0.25) is 4.90 Å². The SMILES string of the molecule is CN(C)C1CCN(CC(N)c2ccc(F)c(F)c2)C1. The van der Waals surface area contributed by atoms with Crippen molar-refractivity contribution in [3.05, 3.63) is 35.4 Å². The maximum atomic E-state index is 13.2. The molecule has 0 aromatic heterocycles. The predicted molar refractivity (Wildman–Crippen MR) is 71.8 cm³/mol. The Bertz CT molecular complexity index is 437. The summed E-state index contributed by atoms with van der Waals surface area (Å²) in [5.74, 6) is -1.66. The molecule has 1 fully saturated rings. The third-order valence-corrected chi connectivity index (χ3v) is 3.80. The second kappa shape index (κ2) is 5.94. The molecule has 5 heteroatoms. The summed E-state index contributed by atoms with van der Waals surface area (Å²) >= 11 is 0. The normalized spacial score (nSPS) is 22.1. The number of hydrogen-bond donors (Lipinski definition) is 1. The lowest BCUT2D eigenvalue weighted by molar-refractivity contribution is 0.260. The summed E-state index contributed by atoms with van der Waals surface area (Å²) in [7, 11) is 4.15. The van der Waals surface area contributed by atoms with Crippen LogP contribution in [0.3, 0.4) is 0 Å². The summed E-state index contributed by atoms with van der Waals surface area (Å²) in [4.78, 5) is 4.49. The molecular formula is C14H21F2N3. The third kappa shape index (κ3) is 3.49. The predicted octanol–water partition coefficient (Wildman–Crippen LogP) is 1.60. The Hall–Kier alpha value is -1.04. The van der Waals surface area contributed by atoms with Gasteiger partial charge in [0.05, 0.1) is 0 Å². The van der Waals surface area contributed by atoms with Gasteiger partial charge in [-0.05, 0) is 44.8 Å². The van der Waals surface area contributed by atoms with E-state index in [0.29, 0.717) is 18.2 Å². The Morgan fingerprint density at radius 3 is 2.68 bits per heavy atom. The van der Waals surface area contributed by atoms with Gasteiger partial charge in [-0.25, -0.2) is 8.78 Å². The lowest BCUT2D eigenvalue weighted by Crippen LogP contribution is -2.35. The van der Waals surface area contributed by atoms with E-state index in [1.807, 2.05) is 0 Å². The monoisotopic (exact) mass is 269 g/mol. The summed E-state index contributed by atoms with van der Waals surface area (Å²) in [6.07, 6.45) is 1.12. The van der Waals surface area contributed by atoms with Crippen LogP contribution in [0.15, 0.2) is 18.2 Å². The number of hydrogen-bond acceptors (Lipinski definition) is 3. The van der Waals surface area contributed by atoms with Gasteiger partial charge >= 0.3 is 0 Å². The molecule has 2 rings (SSSR count). The molecule has 2 N–H and O–H groups in total. The second-order valence-electron chi connectivity index (χ2n) is 5.45. The van der Waals surface area contributed by atoms with Crippen molar-refractivity contribution in [1.29, 1.82) is 0 Å². The maximum absolute atomic E-state index is 13.2. The molecule has 106 valence electrons. The van der Waals surface area contributed by atoms with E-state index in [1.165, 1.54) is 6.07 Å². The van der Waals surface area contributed by atoms with Crippen LogP contribution in [-0.2, 0) is 0 Å². The third-order valence-electron chi connectivity index (χ3n) is 3.80. The van der Waals surface area contributed by atoms with E-state index in [-0.39, 0.29) is 6.04 Å². The number of rotatable bonds is 4. The van der Waals surface area contributed by atoms with Crippen molar-refractivity contribution in [2.24, 2.45) is 5.73 Å². The van der Waals surface area contributed by atoms with Gasteiger partial charge in [-0.2, -0.15) is 0 Å². The summed E-state index contributed by atoms with van der Waals surface area (Å²) in [5.41, 5.74) is 6.72. The first-order valence-corrected chi connectivity index (χ1v) is 6.56. The van der Waals surface area contributed by atoms with Gasteiger partial charge in [0.25, 0.3) is 0 Å². The van der Waals surface area contributed by atoms with E-state index in [9.17, 15) is 8.78 Å². The molecule has 0 saturated carbocycles. The van der Waals surface area contributed by atoms with Gasteiger partial charge in [-0.1, -0.05) is 6.07 Å². The number of nitrogens with zero attached hydrogens (tertiary/aromatic N) is 2. The highest BCUT2D eigenvalue weighted by atomic mass is 19.2. The fourth-order valence-corrected chi connectivity index (χ4v) is 2.53. The summed E-state index contributed by atoms with van der Waals surface area (Å²) in [6.45, 7) is 2.65. The van der Waals surface area contributed by atoms with Crippen molar-refractivity contribution in [3.8, 4) is 0 Å². The van der Waals surface area contributed by atoms with E-state index < -0.39 is 11.6 Å². The Morgan fingerprint density at radius 1 is 1.37 bits per heavy atom. The first-order valence-electron chi connectivity index (χ1n) is 6.56. The van der Waals surface area contributed by atoms with Crippen LogP contribution in [0.5, 0.6) is 0 Å². The minimum Gasteiger partial charge on any atom is -0.323 e. The van der Waals surface area contributed by atoms with Gasteiger partial charge in [0, 0.05) is 25.2 Å². The molecule has 0 radical (unpaired) electrons. The van der Waals surface area contributed by atoms with E-state index >= 15 is 0 Å². The average Bonchev–Trinajstić information content (AvgIpc) is 2.81. The van der Waals surface area contributed by atoms with Crippen LogP contribution in [0.4, 0.5) is 8.78 Å². The molecule has 2 atom stereocenters. The van der Waals surface area contributed by atoms with E-state index in [1.54, 1.807) is 6.07 Å². The molecule has 3 nitrogen and oxygen atoms in total. The molecule has 0 bridgehead atoms. The van der Waals surface area contributed by atoms with E-state index in [4.69, 9.17) is 5.73 Å². The molecule has 1 heterocycles. The quantitative estimate of drug-likeness (QED) is 0.901. The van der Waals surface area contributed by atoms with Crippen molar-refractivity contribution < 1.29 is 8.78 Å². The molecule has 2 unspecified atom stereocenters. The van der Waals surface area contributed by atoms with Crippen LogP contribution in [-0.4, -0.2) is 49.6 Å². The standard InChI is InChI=1S/C14H21F2N3/c1-18(2)11-5-6-19(8-11)9-14(17)10-3-4-12(15)13(16)7-10/h3-4,7,11,14H,5-6,8-9,17H2,1-2H3. The Balaban J connectivity index is 1.94. The van der Waals surface area contributed by atoms with Crippen molar-refractivity contribution in [2.45, 2.75) is 18.5 Å². The van der Waals surface area contributed by atoms with Gasteiger partial charge in [-0.15, -0.1) is 0 Å². The van der Waals surface area contributed by atoms with Crippen LogP contribution >= 0.6 is 0 Å². The molecule has 1 aromatic rings. The number of benzene rings is 1. The molecule has 1 aliphatic heterocycles. The van der Waals surface area contributed by atoms with E-state index in [2.05, 4.69) is 23.9 Å². The van der Waals surface area contributed by atoms with Gasteiger partial charge < -0.3 is 10.6 Å². The molecule has 0 spiro atoms. The Morgan fingerprint density at radius 2 is 2.11 bits per heavy atom. The first-order chi connectivity index (χ1) is 8.97. The Kier molecular flexibility index (Phi) is 4.50. The van der Waals surface area contributed by atoms with Gasteiger partial charge in [0.15, 0.2) is 11.6 Å². The highest BCUT2D eigenvalue weighted by molar-refractivity contribution is 5.21. The summed E-state index contributed by atoms with van der Waals surface area (Å²) in [5, 5.41) is 0. The summed E-state index contributed by atoms with van der Waals surface area (Å²) < 4.78 is 26.0. The minimum atomic E-state index is -0.833. The zero-order valence-corrected chi connectivity index (χ0v) is 11.4. The maximum Gasteiger partial charge on any atom is 0.159 e. The lowest BCUT2D eigenvalue weighted by atomic mass is 10.1. The van der Waals surface area contributed by atoms with Gasteiger partial charge in [0.2, 0.25) is 0 Å². The molecule has 0 amide bonds. The van der Waals surface area contributed by atoms with Crippen LogP contribution in [0, 0.1) is 11.6 Å². The highest BCUT2D eigenvalue weighted by Gasteiger charge is 2.25. The lowest BCUT2D eigenvalue weighted by Gasteiger charge is -2.23. The van der Waals surface area contributed by atoms with Crippen molar-refractivity contribution in [1.82, 2.24) is 9.80 Å². The highest BCUT2D eigenvalue weighted by Crippen LogP contribution is 2.19. The van der Waals surface area contributed by atoms with E-state index in [0.717, 1.165) is 25.6 Å². The zero-order valence-electron chi connectivity index (χ0n) is 11.4. The number of likely N-dealkylation sites (N-methyl/N-ethyl adjacent to an activating group) is 1. The number of likely N-dealkylation sites (tertiary alicyclic amines) is 1. The van der Waals surface area contributed by atoms with Crippen molar-refractivity contribution in [2.75, 3.05) is 33.7 Å². The molecule has 1 aromatic carbocycles. The zero-order chi connectivity index (χ0) is 14.0. The first kappa shape index (κ1) is 14.4. The fourth-order valence-electron chi connectivity index (χ4n) is 2.53. The topological polar surface area (TPSA) is 32.5 Å². The molecular weight excluding hydrogens is 248 g/mol. The summed E-state index contributed by atoms with van der Waals surface area (Å²) in [6, 6.07) is 4.16. The van der Waals surface area contributed by atoms with Crippen LogP contribution in [0.2, 0.25) is 0 Å². The minimum absolute atomic E-state index is 0.281. The molecule has 19 heavy (non-hydrogen) atoms. The largest absolute Gasteiger partial charge is 0.323 e.